The molecule has 22 heavy (non-hydrogen) atoms. The van der Waals surface area contributed by atoms with E-state index in [0.29, 0.717) is 17.1 Å². The van der Waals surface area contributed by atoms with E-state index in [1.165, 1.54) is 12.1 Å². The Morgan fingerprint density at radius 2 is 2.09 bits per heavy atom. The first-order valence-electron chi connectivity index (χ1n) is 6.89. The van der Waals surface area contributed by atoms with Crippen LogP contribution in [0.5, 0.6) is 5.75 Å². The van der Waals surface area contributed by atoms with Crippen molar-refractivity contribution in [3.05, 3.63) is 64.6 Å². The standard InChI is InChI=1S/C9H8O.C7H7BrO3S/c1-2-6-9-8(4-1)5-3-7-10-9;1-11-12(9,10)7-4-2-3-6(8)5-7/h1-6H,7H2;2-5H,1H3/i4D;. The monoisotopic (exact) mass is 383 g/mol. The van der Waals surface area contributed by atoms with Crippen LogP contribution in [0.25, 0.3) is 6.08 Å². The van der Waals surface area contributed by atoms with Crippen LogP contribution in [0.15, 0.2) is 64.0 Å². The fourth-order valence-electron chi connectivity index (χ4n) is 1.71. The second-order valence-corrected chi connectivity index (χ2v) is 6.87. The van der Waals surface area contributed by atoms with Crippen molar-refractivity contribution in [3.8, 4) is 5.75 Å². The number of hydrogen-bond donors (Lipinski definition) is 0. The molecule has 1 aliphatic rings. The minimum absolute atomic E-state index is 0.152. The highest BCUT2D eigenvalue weighted by Gasteiger charge is 2.11. The molecule has 2 aromatic rings. The van der Waals surface area contributed by atoms with Crippen LogP contribution in [-0.4, -0.2) is 22.1 Å². The Kier molecular flexibility index (Phi) is 5.26. The maximum atomic E-state index is 11.1. The van der Waals surface area contributed by atoms with E-state index >= 15 is 0 Å². The van der Waals surface area contributed by atoms with Crippen molar-refractivity contribution in [1.82, 2.24) is 0 Å². The van der Waals surface area contributed by atoms with Crippen molar-refractivity contribution >= 4 is 32.1 Å². The van der Waals surface area contributed by atoms with E-state index in [2.05, 4.69) is 20.1 Å². The molecule has 3 rings (SSSR count). The van der Waals surface area contributed by atoms with Crippen molar-refractivity contribution in [2.24, 2.45) is 0 Å². The van der Waals surface area contributed by atoms with E-state index in [9.17, 15) is 8.42 Å². The average Bonchev–Trinajstić information content (AvgIpc) is 2.56. The van der Waals surface area contributed by atoms with Gasteiger partial charge in [0.1, 0.15) is 12.4 Å². The molecule has 6 heteroatoms. The van der Waals surface area contributed by atoms with Gasteiger partial charge in [-0.05, 0) is 30.3 Å². The van der Waals surface area contributed by atoms with E-state index in [0.717, 1.165) is 18.4 Å². The topological polar surface area (TPSA) is 52.6 Å². The lowest BCUT2D eigenvalue weighted by molar-refractivity contribution is 0.358. The summed E-state index contributed by atoms with van der Waals surface area (Å²) in [5, 5.41) is 0. The van der Waals surface area contributed by atoms with Crippen LogP contribution in [-0.2, 0) is 14.3 Å². The summed E-state index contributed by atoms with van der Waals surface area (Å²) in [6.07, 6.45) is 3.85. The molecule has 0 radical (unpaired) electrons. The molecular formula is C16H15BrO4S. The summed E-state index contributed by atoms with van der Waals surface area (Å²) in [7, 11) is -2.42. The molecule has 0 aromatic heterocycles. The number of halogens is 1. The van der Waals surface area contributed by atoms with Crippen molar-refractivity contribution in [3.63, 3.8) is 0 Å². The summed E-state index contributed by atoms with van der Waals surface area (Å²) in [6.45, 7) is 0.621. The maximum Gasteiger partial charge on any atom is 0.296 e. The molecule has 1 aliphatic heterocycles. The van der Waals surface area contributed by atoms with E-state index in [4.69, 9.17) is 6.11 Å². The molecule has 116 valence electrons. The van der Waals surface area contributed by atoms with Crippen LogP contribution in [0.3, 0.4) is 0 Å². The van der Waals surface area contributed by atoms with Gasteiger partial charge in [-0.25, -0.2) is 0 Å². The Bertz CT molecular complexity index is 819. The lowest BCUT2D eigenvalue weighted by atomic mass is 10.1. The number of hydrogen-bond acceptors (Lipinski definition) is 4. The van der Waals surface area contributed by atoms with Crippen molar-refractivity contribution in [2.75, 3.05) is 13.7 Å². The minimum Gasteiger partial charge on any atom is -0.489 e. The Morgan fingerprint density at radius 1 is 1.27 bits per heavy atom. The van der Waals surface area contributed by atoms with Gasteiger partial charge in [0.25, 0.3) is 10.1 Å². The van der Waals surface area contributed by atoms with Gasteiger partial charge in [-0.1, -0.05) is 46.2 Å². The predicted octanol–water partition coefficient (Wildman–Crippen LogP) is 3.88. The summed E-state index contributed by atoms with van der Waals surface area (Å²) in [5.74, 6) is 0.819. The third kappa shape index (κ3) is 4.43. The Morgan fingerprint density at radius 3 is 2.77 bits per heavy atom. The first-order chi connectivity index (χ1) is 10.9. The molecule has 0 bridgehead atoms. The van der Waals surface area contributed by atoms with Gasteiger partial charge in [-0.15, -0.1) is 0 Å². The predicted molar refractivity (Wildman–Crippen MR) is 89.3 cm³/mol. The first kappa shape index (κ1) is 15.3. The SMILES string of the molecule is COS(=O)(=O)c1cccc(Br)c1.[2H]c1cccc2c1C=CCO2. The number of ether oxygens (including phenoxy) is 1. The highest BCUT2D eigenvalue weighted by atomic mass is 79.9. The lowest BCUT2D eigenvalue weighted by Crippen LogP contribution is -2.02. The van der Waals surface area contributed by atoms with Crippen molar-refractivity contribution < 1.29 is 18.7 Å². The summed E-state index contributed by atoms with van der Waals surface area (Å²) in [5.41, 5.74) is 0.888. The van der Waals surface area contributed by atoms with Gasteiger partial charge < -0.3 is 4.74 Å². The van der Waals surface area contributed by atoms with Crippen molar-refractivity contribution in [1.29, 1.82) is 0 Å². The summed E-state index contributed by atoms with van der Waals surface area (Å²) in [6, 6.07) is 12.3. The van der Waals surface area contributed by atoms with E-state index in [-0.39, 0.29) is 4.90 Å². The van der Waals surface area contributed by atoms with E-state index in [1.807, 2.05) is 24.3 Å². The fourth-order valence-corrected chi connectivity index (χ4v) is 2.97. The first-order valence-corrected chi connectivity index (χ1v) is 8.59. The lowest BCUT2D eigenvalue weighted by Gasteiger charge is -2.10. The molecule has 0 fully saturated rings. The summed E-state index contributed by atoms with van der Waals surface area (Å²) >= 11 is 3.16. The van der Waals surface area contributed by atoms with Crippen LogP contribution >= 0.6 is 15.9 Å². The molecule has 0 unspecified atom stereocenters. The number of para-hydroxylation sites is 1. The maximum absolute atomic E-state index is 11.1. The van der Waals surface area contributed by atoms with Crippen LogP contribution in [0.4, 0.5) is 0 Å². The molecule has 1 heterocycles. The number of benzene rings is 2. The molecule has 0 amide bonds. The fraction of sp³-hybridized carbons (Fsp3) is 0.125. The summed E-state index contributed by atoms with van der Waals surface area (Å²) in [4.78, 5) is 0.152. The molecule has 0 spiro atoms. The molecule has 0 saturated heterocycles. The third-order valence-corrected chi connectivity index (χ3v) is 4.54. The Hall–Kier alpha value is -1.63. The highest BCUT2D eigenvalue weighted by Crippen LogP contribution is 2.21. The Labute approximate surface area is 140 Å². The molecule has 4 nitrogen and oxygen atoms in total. The zero-order chi connectivity index (χ0) is 16.9. The zero-order valence-electron chi connectivity index (χ0n) is 12.8. The third-order valence-electron chi connectivity index (χ3n) is 2.77. The molecule has 0 aliphatic carbocycles. The minimum atomic E-state index is -3.55. The molecule has 0 saturated carbocycles. The second kappa shape index (κ2) is 7.58. The molecule has 2 aromatic carbocycles. The average molecular weight is 384 g/mol. The van der Waals surface area contributed by atoms with E-state index < -0.39 is 10.1 Å². The summed E-state index contributed by atoms with van der Waals surface area (Å²) < 4.78 is 40.1. The molecular weight excluding hydrogens is 368 g/mol. The second-order valence-electron chi connectivity index (χ2n) is 4.24. The number of rotatable bonds is 2. The smallest absolute Gasteiger partial charge is 0.296 e. The van der Waals surface area contributed by atoms with Gasteiger partial charge in [0.2, 0.25) is 0 Å². The van der Waals surface area contributed by atoms with Gasteiger partial charge in [-0.3, -0.25) is 4.18 Å². The van der Waals surface area contributed by atoms with Gasteiger partial charge in [0, 0.05) is 10.0 Å². The quantitative estimate of drug-likeness (QED) is 0.738. The van der Waals surface area contributed by atoms with Gasteiger partial charge >= 0.3 is 0 Å². The highest BCUT2D eigenvalue weighted by molar-refractivity contribution is 9.10. The van der Waals surface area contributed by atoms with Gasteiger partial charge in [0.05, 0.1) is 13.4 Å². The van der Waals surface area contributed by atoms with Crippen LogP contribution < -0.4 is 4.74 Å². The zero-order valence-corrected chi connectivity index (χ0v) is 14.2. The normalized spacial score (nSPS) is 13.3. The van der Waals surface area contributed by atoms with Crippen LogP contribution in [0.2, 0.25) is 0 Å². The Balaban J connectivity index is 0.000000167. The number of fused-ring (bicyclic) bond motifs is 1. The van der Waals surface area contributed by atoms with Crippen LogP contribution in [0, 0.1) is 0 Å². The van der Waals surface area contributed by atoms with Gasteiger partial charge in [-0.2, -0.15) is 8.42 Å². The van der Waals surface area contributed by atoms with E-state index in [1.54, 1.807) is 18.2 Å². The molecule has 0 atom stereocenters. The molecule has 0 N–H and O–H groups in total. The van der Waals surface area contributed by atoms with Crippen molar-refractivity contribution in [2.45, 2.75) is 4.90 Å². The van der Waals surface area contributed by atoms with Gasteiger partial charge in [0.15, 0.2) is 0 Å². The van der Waals surface area contributed by atoms with Crippen LogP contribution in [0.1, 0.15) is 6.93 Å². The largest absolute Gasteiger partial charge is 0.489 e.